The van der Waals surface area contributed by atoms with Gasteiger partial charge in [0.1, 0.15) is 6.73 Å². The Morgan fingerprint density at radius 3 is 2.53 bits per heavy atom. The average Bonchev–Trinajstić information content (AvgIpc) is 3.28. The zero-order chi connectivity index (χ0) is 23.2. The fraction of sp³-hybridized carbons (Fsp3) is 0.357. The minimum atomic E-state index is -0.133. The number of fused-ring (bicyclic) bond motifs is 2. The average molecular weight is 519 g/mol. The second-order valence-corrected chi connectivity index (χ2v) is 10.7. The largest absolute Gasteiger partial charge is 0.356 e. The van der Waals surface area contributed by atoms with Crippen molar-refractivity contribution in [2.45, 2.75) is 37.3 Å². The van der Waals surface area contributed by atoms with Crippen LogP contribution < -0.4 is 4.90 Å². The highest BCUT2D eigenvalue weighted by molar-refractivity contribution is 9.10. The quantitative estimate of drug-likeness (QED) is 0.292. The van der Waals surface area contributed by atoms with Crippen LogP contribution in [-0.2, 0) is 11.3 Å². The van der Waals surface area contributed by atoms with Gasteiger partial charge in [0.15, 0.2) is 0 Å². The minimum Gasteiger partial charge on any atom is -0.356 e. The van der Waals surface area contributed by atoms with E-state index in [0.717, 1.165) is 22.9 Å². The third kappa shape index (κ3) is 3.64. The summed E-state index contributed by atoms with van der Waals surface area (Å²) in [6.45, 7) is 1.10. The summed E-state index contributed by atoms with van der Waals surface area (Å²) in [4.78, 5) is 14.1. The highest BCUT2D eigenvalue weighted by Gasteiger charge is 2.53. The van der Waals surface area contributed by atoms with Gasteiger partial charge in [-0.25, -0.2) is 0 Å². The first kappa shape index (κ1) is 21.8. The Bertz CT molecular complexity index is 1200. The van der Waals surface area contributed by atoms with E-state index in [1.807, 2.05) is 18.2 Å². The monoisotopic (exact) mass is 518 g/mol. The van der Waals surface area contributed by atoms with Crippen LogP contribution in [0.15, 0.2) is 77.3 Å². The van der Waals surface area contributed by atoms with E-state index in [0.29, 0.717) is 19.3 Å². The maximum Gasteiger partial charge on any atom is 0.211 e. The van der Waals surface area contributed by atoms with Gasteiger partial charge in [0.2, 0.25) is 6.54 Å². The Morgan fingerprint density at radius 1 is 1.06 bits per heavy atom. The van der Waals surface area contributed by atoms with Crippen LogP contribution in [0.4, 0.5) is 5.69 Å². The van der Waals surface area contributed by atoms with Crippen molar-refractivity contribution in [1.29, 1.82) is 0 Å². The molecule has 3 aromatic carbocycles. The highest BCUT2D eigenvalue weighted by Crippen LogP contribution is 2.57. The van der Waals surface area contributed by atoms with Crippen LogP contribution in [-0.4, -0.2) is 24.2 Å². The Morgan fingerprint density at radius 2 is 1.79 bits per heavy atom. The van der Waals surface area contributed by atoms with E-state index >= 15 is 0 Å². The fourth-order valence-corrected chi connectivity index (χ4v) is 7.43. The van der Waals surface area contributed by atoms with Gasteiger partial charge in [-0.1, -0.05) is 76.6 Å². The lowest BCUT2D eigenvalue weighted by Crippen LogP contribution is -2.52. The van der Waals surface area contributed by atoms with Crippen LogP contribution in [0.2, 0.25) is 0 Å². The standard InChI is InChI=1S/C28H27BrN2O3/c29-21-13-20-16-34-17-30-27(20)24(14-21)26(19-9-5-2-6-10-19)23-12-11-22(28(23)30)25(15-31(32)33)18-7-3-1-4-8-18/h1-10,13-14,22-23,25-26,28H,11-12,15-17H2/t22-,23+,25-,26+,28-/m1/s1. The Hall–Kier alpha value is -2.70. The third-order valence-electron chi connectivity index (χ3n) is 8.04. The molecule has 34 heavy (non-hydrogen) atoms. The first-order chi connectivity index (χ1) is 16.6. The highest BCUT2D eigenvalue weighted by atomic mass is 79.9. The number of nitrogens with zero attached hydrogens (tertiary/aromatic N) is 2. The molecule has 0 bridgehead atoms. The molecule has 174 valence electrons. The van der Waals surface area contributed by atoms with Crippen molar-refractivity contribution in [2.75, 3.05) is 18.2 Å². The van der Waals surface area contributed by atoms with E-state index in [9.17, 15) is 10.1 Å². The first-order valence-electron chi connectivity index (χ1n) is 12.0. The van der Waals surface area contributed by atoms with Gasteiger partial charge in [0, 0.05) is 32.6 Å². The SMILES string of the molecule is O=[N+]([O-])C[C@H](c1ccccc1)[C@H]1CC[C@H]2[C@H](c3ccccc3)c3cc(Br)cc4c3N(COC4)[C@@H]21. The summed E-state index contributed by atoms with van der Waals surface area (Å²) in [6, 6.07) is 25.5. The zero-order valence-corrected chi connectivity index (χ0v) is 20.4. The predicted octanol–water partition coefficient (Wildman–Crippen LogP) is 6.34. The molecule has 3 aromatic rings. The van der Waals surface area contributed by atoms with E-state index in [-0.39, 0.29) is 35.3 Å². The molecule has 0 saturated heterocycles. The molecule has 6 rings (SSSR count). The molecule has 5 nitrogen and oxygen atoms in total. The molecule has 0 amide bonds. The van der Waals surface area contributed by atoms with Gasteiger partial charge in [-0.2, -0.15) is 0 Å². The molecule has 6 heteroatoms. The zero-order valence-electron chi connectivity index (χ0n) is 18.8. The van der Waals surface area contributed by atoms with Gasteiger partial charge in [-0.15, -0.1) is 0 Å². The van der Waals surface area contributed by atoms with Gasteiger partial charge in [0.05, 0.1) is 12.5 Å². The molecule has 2 heterocycles. The number of halogens is 1. The Labute approximate surface area is 208 Å². The molecule has 2 aliphatic heterocycles. The lowest BCUT2D eigenvalue weighted by molar-refractivity contribution is -0.485. The van der Waals surface area contributed by atoms with Crippen molar-refractivity contribution >= 4 is 21.6 Å². The van der Waals surface area contributed by atoms with E-state index < -0.39 is 0 Å². The maximum atomic E-state index is 11.8. The van der Waals surface area contributed by atoms with E-state index in [1.165, 1.54) is 22.4 Å². The Kier molecular flexibility index (Phi) is 5.66. The molecule has 0 aromatic heterocycles. The molecule has 1 saturated carbocycles. The maximum absolute atomic E-state index is 11.8. The number of anilines is 1. The minimum absolute atomic E-state index is 0.0390. The summed E-state index contributed by atoms with van der Waals surface area (Å²) in [5.74, 6) is 0.714. The number of ether oxygens (including phenoxy) is 1. The van der Waals surface area contributed by atoms with Crippen LogP contribution in [0.3, 0.4) is 0 Å². The van der Waals surface area contributed by atoms with Crippen LogP contribution in [0, 0.1) is 22.0 Å². The van der Waals surface area contributed by atoms with Gasteiger partial charge in [-0.3, -0.25) is 10.1 Å². The number of nitro groups is 1. The van der Waals surface area contributed by atoms with Crippen molar-refractivity contribution in [3.8, 4) is 0 Å². The summed E-state index contributed by atoms with van der Waals surface area (Å²) < 4.78 is 7.16. The summed E-state index contributed by atoms with van der Waals surface area (Å²) in [5.41, 5.74) is 6.23. The molecule has 0 spiro atoms. The van der Waals surface area contributed by atoms with Crippen molar-refractivity contribution in [3.63, 3.8) is 0 Å². The lowest BCUT2D eigenvalue weighted by atomic mass is 9.70. The molecule has 5 atom stereocenters. The van der Waals surface area contributed by atoms with Gasteiger partial charge < -0.3 is 9.64 Å². The van der Waals surface area contributed by atoms with Crippen LogP contribution in [0.1, 0.15) is 46.9 Å². The normalized spacial score (nSPS) is 26.0. The smallest absolute Gasteiger partial charge is 0.211 e. The summed E-state index contributed by atoms with van der Waals surface area (Å²) in [6.07, 6.45) is 2.03. The summed E-state index contributed by atoms with van der Waals surface area (Å²) >= 11 is 3.74. The second-order valence-electron chi connectivity index (χ2n) is 9.77. The molecule has 1 aliphatic carbocycles. The van der Waals surface area contributed by atoms with Gasteiger partial charge in [0.25, 0.3) is 0 Å². The number of hydrogen-bond donors (Lipinski definition) is 0. The third-order valence-corrected chi connectivity index (χ3v) is 8.50. The molecule has 0 unspecified atom stereocenters. The number of hydrogen-bond acceptors (Lipinski definition) is 4. The second kappa shape index (κ2) is 8.82. The van der Waals surface area contributed by atoms with Crippen molar-refractivity contribution in [3.05, 3.63) is 110 Å². The molecule has 0 radical (unpaired) electrons. The number of benzene rings is 3. The molecule has 3 aliphatic rings. The van der Waals surface area contributed by atoms with Gasteiger partial charge in [-0.05, 0) is 53.5 Å². The molecular weight excluding hydrogens is 492 g/mol. The topological polar surface area (TPSA) is 55.6 Å². The summed E-state index contributed by atoms with van der Waals surface area (Å²) in [5, 5.41) is 11.8. The van der Waals surface area contributed by atoms with Crippen molar-refractivity contribution in [2.24, 2.45) is 11.8 Å². The van der Waals surface area contributed by atoms with Crippen LogP contribution in [0.25, 0.3) is 0 Å². The predicted molar refractivity (Wildman–Crippen MR) is 136 cm³/mol. The molecule has 0 N–H and O–H groups in total. The van der Waals surface area contributed by atoms with Crippen molar-refractivity contribution in [1.82, 2.24) is 0 Å². The fourth-order valence-electron chi connectivity index (χ4n) is 6.91. The van der Waals surface area contributed by atoms with Crippen molar-refractivity contribution < 1.29 is 9.66 Å². The van der Waals surface area contributed by atoms with Gasteiger partial charge >= 0.3 is 0 Å². The van der Waals surface area contributed by atoms with E-state index in [4.69, 9.17) is 4.74 Å². The molecular formula is C28H27BrN2O3. The van der Waals surface area contributed by atoms with Crippen LogP contribution in [0.5, 0.6) is 0 Å². The van der Waals surface area contributed by atoms with E-state index in [2.05, 4.69) is 75.4 Å². The Balaban J connectivity index is 1.51. The van der Waals surface area contributed by atoms with Crippen LogP contribution >= 0.6 is 15.9 Å². The molecule has 1 fully saturated rings. The first-order valence-corrected chi connectivity index (χ1v) is 12.8. The lowest BCUT2D eigenvalue weighted by Gasteiger charge is -2.50. The summed E-state index contributed by atoms with van der Waals surface area (Å²) in [7, 11) is 0. The number of rotatable bonds is 5. The van der Waals surface area contributed by atoms with E-state index in [1.54, 1.807) is 0 Å².